The smallest absolute Gasteiger partial charge is 0.261 e. The van der Waals surface area contributed by atoms with Crippen molar-refractivity contribution in [3.8, 4) is 0 Å². The molecule has 2 aromatic heterocycles. The number of thiophene rings is 1. The normalized spacial score (nSPS) is 21.2. The Morgan fingerprint density at radius 2 is 2.18 bits per heavy atom. The quantitative estimate of drug-likeness (QED) is 0.947. The number of aromatic nitrogens is 3. The molecule has 22 heavy (non-hydrogen) atoms. The van der Waals surface area contributed by atoms with Crippen LogP contribution in [0.1, 0.15) is 58.5 Å². The van der Waals surface area contributed by atoms with Gasteiger partial charge in [-0.3, -0.25) is 4.79 Å². The Labute approximate surface area is 133 Å². The molecule has 1 aliphatic heterocycles. The molecule has 1 unspecified atom stereocenters. The number of nitrogens with zero attached hydrogens (tertiary/aromatic N) is 3. The van der Waals surface area contributed by atoms with E-state index in [0.717, 1.165) is 47.9 Å². The summed E-state index contributed by atoms with van der Waals surface area (Å²) in [5.41, 5.74) is 1.06. The van der Waals surface area contributed by atoms with Crippen LogP contribution in [0.25, 0.3) is 0 Å². The molecule has 1 N–H and O–H groups in total. The average Bonchev–Trinajstić information content (AvgIpc) is 3.19. The van der Waals surface area contributed by atoms with E-state index in [0.29, 0.717) is 5.92 Å². The van der Waals surface area contributed by atoms with Gasteiger partial charge in [0.1, 0.15) is 11.6 Å². The highest BCUT2D eigenvalue weighted by Gasteiger charge is 2.31. The molecule has 2 aromatic rings. The topological polar surface area (TPSA) is 59.8 Å². The van der Waals surface area contributed by atoms with E-state index in [4.69, 9.17) is 0 Å². The van der Waals surface area contributed by atoms with Gasteiger partial charge in [0.25, 0.3) is 5.91 Å². The van der Waals surface area contributed by atoms with Crippen LogP contribution in [0.3, 0.4) is 0 Å². The van der Waals surface area contributed by atoms with Crippen molar-refractivity contribution in [2.75, 3.05) is 0 Å². The predicted octanol–water partition coefficient (Wildman–Crippen LogP) is 2.66. The molecule has 0 aromatic carbocycles. The van der Waals surface area contributed by atoms with Crippen molar-refractivity contribution in [3.63, 3.8) is 0 Å². The molecule has 4 rings (SSSR count). The van der Waals surface area contributed by atoms with Gasteiger partial charge in [-0.25, -0.2) is 0 Å². The summed E-state index contributed by atoms with van der Waals surface area (Å²) < 4.78 is 2.29. The van der Waals surface area contributed by atoms with Crippen molar-refractivity contribution in [1.29, 1.82) is 0 Å². The number of rotatable bonds is 3. The first kappa shape index (κ1) is 13.9. The van der Waals surface area contributed by atoms with Gasteiger partial charge in [-0.15, -0.1) is 21.5 Å². The molecule has 3 heterocycles. The highest BCUT2D eigenvalue weighted by Crippen LogP contribution is 2.39. The molecule has 2 aliphatic rings. The predicted molar refractivity (Wildman–Crippen MR) is 85.2 cm³/mol. The van der Waals surface area contributed by atoms with E-state index >= 15 is 0 Å². The van der Waals surface area contributed by atoms with Crippen molar-refractivity contribution in [2.45, 2.75) is 57.5 Å². The number of nitrogens with one attached hydrogen (secondary N) is 1. The number of fused-ring (bicyclic) bond motifs is 1. The summed E-state index contributed by atoms with van der Waals surface area (Å²) >= 11 is 1.52. The van der Waals surface area contributed by atoms with Crippen molar-refractivity contribution >= 4 is 17.2 Å². The van der Waals surface area contributed by atoms with Gasteiger partial charge in [-0.1, -0.05) is 0 Å². The third-order valence-electron chi connectivity index (χ3n) is 4.62. The lowest BCUT2D eigenvalue weighted by atomic mass is 10.1. The molecule has 1 fully saturated rings. The summed E-state index contributed by atoms with van der Waals surface area (Å²) in [7, 11) is 0. The molecule has 5 nitrogen and oxygen atoms in total. The van der Waals surface area contributed by atoms with E-state index in [1.807, 2.05) is 18.4 Å². The summed E-state index contributed by atoms with van der Waals surface area (Å²) in [6.45, 7) is 2.91. The lowest BCUT2D eigenvalue weighted by Gasteiger charge is -2.16. The van der Waals surface area contributed by atoms with Crippen molar-refractivity contribution in [1.82, 2.24) is 20.1 Å². The minimum Gasteiger partial charge on any atom is -0.349 e. The Morgan fingerprint density at radius 3 is 2.91 bits per heavy atom. The largest absolute Gasteiger partial charge is 0.349 e. The SMILES string of the molecule is Cc1ccsc1C(=O)NC1CCc2nnc(C3CC3)n2CC1. The molecular formula is C16H20N4OS. The third-order valence-corrected chi connectivity index (χ3v) is 5.63. The molecule has 0 bridgehead atoms. The lowest BCUT2D eigenvalue weighted by molar-refractivity contribution is 0.0936. The molecule has 1 aliphatic carbocycles. The Bertz CT molecular complexity index is 701. The van der Waals surface area contributed by atoms with Crippen LogP contribution in [0, 0.1) is 6.92 Å². The second-order valence-electron chi connectivity index (χ2n) is 6.33. The molecule has 6 heteroatoms. The molecule has 116 valence electrons. The third kappa shape index (κ3) is 2.56. The van der Waals surface area contributed by atoms with Crippen LogP contribution in [0.15, 0.2) is 11.4 Å². The second kappa shape index (κ2) is 5.50. The number of amides is 1. The highest BCUT2D eigenvalue weighted by atomic mass is 32.1. The summed E-state index contributed by atoms with van der Waals surface area (Å²) in [5.74, 6) is 2.95. The van der Waals surface area contributed by atoms with Crippen LogP contribution in [0.4, 0.5) is 0 Å². The summed E-state index contributed by atoms with van der Waals surface area (Å²) in [5, 5.41) is 13.9. The Balaban J connectivity index is 1.44. The van der Waals surface area contributed by atoms with Gasteiger partial charge >= 0.3 is 0 Å². The first-order valence-corrected chi connectivity index (χ1v) is 8.87. The molecular weight excluding hydrogens is 296 g/mol. The molecule has 0 radical (unpaired) electrons. The van der Waals surface area contributed by atoms with E-state index in [9.17, 15) is 4.79 Å². The standard InChI is InChI=1S/C16H20N4OS/c1-10-7-9-22-14(10)16(21)17-12-4-5-13-18-19-15(11-2-3-11)20(13)8-6-12/h7,9,11-12H,2-6,8H2,1H3,(H,17,21). The average molecular weight is 316 g/mol. The fourth-order valence-electron chi connectivity index (χ4n) is 3.15. The van der Waals surface area contributed by atoms with E-state index in [-0.39, 0.29) is 11.9 Å². The minimum absolute atomic E-state index is 0.0672. The highest BCUT2D eigenvalue weighted by molar-refractivity contribution is 7.12. The maximum atomic E-state index is 12.4. The molecule has 1 amide bonds. The Hall–Kier alpha value is -1.69. The Morgan fingerprint density at radius 1 is 1.32 bits per heavy atom. The summed E-state index contributed by atoms with van der Waals surface area (Å²) in [6, 6.07) is 2.22. The monoisotopic (exact) mass is 316 g/mol. The zero-order chi connectivity index (χ0) is 15.1. The minimum atomic E-state index is 0.0672. The lowest BCUT2D eigenvalue weighted by Crippen LogP contribution is -2.35. The van der Waals surface area contributed by atoms with Crippen LogP contribution in [0.2, 0.25) is 0 Å². The Kier molecular flexibility index (Phi) is 3.48. The van der Waals surface area contributed by atoms with E-state index in [1.54, 1.807) is 0 Å². The first-order chi connectivity index (χ1) is 10.7. The van der Waals surface area contributed by atoms with Crippen molar-refractivity contribution in [3.05, 3.63) is 33.5 Å². The van der Waals surface area contributed by atoms with Crippen LogP contribution >= 0.6 is 11.3 Å². The van der Waals surface area contributed by atoms with Crippen LogP contribution in [-0.4, -0.2) is 26.7 Å². The van der Waals surface area contributed by atoms with Gasteiger partial charge in [0.05, 0.1) is 4.88 Å². The van der Waals surface area contributed by atoms with Gasteiger partial charge in [0.15, 0.2) is 0 Å². The zero-order valence-electron chi connectivity index (χ0n) is 12.7. The zero-order valence-corrected chi connectivity index (χ0v) is 13.5. The fraction of sp³-hybridized carbons (Fsp3) is 0.562. The summed E-state index contributed by atoms with van der Waals surface area (Å²) in [6.07, 6.45) is 5.29. The maximum Gasteiger partial charge on any atom is 0.261 e. The number of carbonyl (C=O) groups excluding carboxylic acids is 1. The first-order valence-electron chi connectivity index (χ1n) is 7.99. The number of hydrogen-bond acceptors (Lipinski definition) is 4. The van der Waals surface area contributed by atoms with E-state index in [2.05, 4.69) is 20.1 Å². The molecule has 0 saturated heterocycles. The van der Waals surface area contributed by atoms with Crippen LogP contribution in [0.5, 0.6) is 0 Å². The van der Waals surface area contributed by atoms with Gasteiger partial charge in [-0.05, 0) is 49.6 Å². The second-order valence-corrected chi connectivity index (χ2v) is 7.25. The van der Waals surface area contributed by atoms with Crippen LogP contribution < -0.4 is 5.32 Å². The molecule has 1 atom stereocenters. The van der Waals surface area contributed by atoms with Crippen molar-refractivity contribution in [2.24, 2.45) is 0 Å². The van der Waals surface area contributed by atoms with Crippen molar-refractivity contribution < 1.29 is 4.79 Å². The van der Waals surface area contributed by atoms with Gasteiger partial charge in [-0.2, -0.15) is 0 Å². The van der Waals surface area contributed by atoms with Gasteiger partial charge < -0.3 is 9.88 Å². The molecule has 1 saturated carbocycles. The summed E-state index contributed by atoms with van der Waals surface area (Å²) in [4.78, 5) is 13.2. The number of aryl methyl sites for hydroxylation is 2. The molecule has 0 spiro atoms. The van der Waals surface area contributed by atoms with Crippen LogP contribution in [-0.2, 0) is 13.0 Å². The van der Waals surface area contributed by atoms with Gasteiger partial charge in [0, 0.05) is 24.9 Å². The van der Waals surface area contributed by atoms with E-state index < -0.39 is 0 Å². The van der Waals surface area contributed by atoms with Gasteiger partial charge in [0.2, 0.25) is 0 Å². The fourth-order valence-corrected chi connectivity index (χ4v) is 3.98. The van der Waals surface area contributed by atoms with E-state index in [1.165, 1.54) is 24.2 Å². The maximum absolute atomic E-state index is 12.4. The number of hydrogen-bond donors (Lipinski definition) is 1. The number of carbonyl (C=O) groups is 1.